The maximum atomic E-state index is 13.2. The van der Waals surface area contributed by atoms with Crippen LogP contribution in [0.1, 0.15) is 17.7 Å². The van der Waals surface area contributed by atoms with Crippen molar-refractivity contribution in [3.05, 3.63) is 54.1 Å². The molecule has 0 N–H and O–H groups in total. The largest absolute Gasteiger partial charge is 0.493 e. The van der Waals surface area contributed by atoms with Gasteiger partial charge in [-0.2, -0.15) is 23.3 Å². The van der Waals surface area contributed by atoms with Crippen LogP contribution in [-0.4, -0.2) is 53.0 Å². The zero-order valence-electron chi connectivity index (χ0n) is 17.3. The fourth-order valence-electron chi connectivity index (χ4n) is 3.04. The average molecular weight is 455 g/mol. The number of ether oxygens (including phenoxy) is 2. The molecule has 0 fully saturated rings. The SMILES string of the molecule is COc1ccc(CCN(Cc2cnn(C)c2)S(=O)(=O)c2cnn(C(F)F)c2)cc1OC. The number of sulfonamides is 1. The minimum atomic E-state index is -4.08. The summed E-state index contributed by atoms with van der Waals surface area (Å²) in [4.78, 5) is -0.302. The molecule has 0 atom stereocenters. The maximum Gasteiger partial charge on any atom is 0.333 e. The van der Waals surface area contributed by atoms with Crippen LogP contribution >= 0.6 is 0 Å². The van der Waals surface area contributed by atoms with Gasteiger partial charge in [0.05, 0.1) is 32.8 Å². The van der Waals surface area contributed by atoms with E-state index in [1.54, 1.807) is 36.3 Å². The van der Waals surface area contributed by atoms with E-state index in [2.05, 4.69) is 10.2 Å². The summed E-state index contributed by atoms with van der Waals surface area (Å²) < 4.78 is 65.7. The van der Waals surface area contributed by atoms with Gasteiger partial charge in [0.15, 0.2) is 11.5 Å². The minimum absolute atomic E-state index is 0.0311. The standard InChI is InChI=1S/C19H23F2N5O4S/c1-24-11-15(9-22-24)12-25(31(27,28)16-10-23-26(13-16)19(20)21)7-6-14-4-5-17(29-2)18(8-14)30-3/h4-5,8-11,13,19H,6-7,12H2,1-3H3. The summed E-state index contributed by atoms with van der Waals surface area (Å²) in [6, 6.07) is 5.31. The lowest BCUT2D eigenvalue weighted by Crippen LogP contribution is -2.32. The van der Waals surface area contributed by atoms with Gasteiger partial charge in [-0.05, 0) is 24.1 Å². The van der Waals surface area contributed by atoms with Crippen LogP contribution in [0.4, 0.5) is 8.78 Å². The summed E-state index contributed by atoms with van der Waals surface area (Å²) in [5.41, 5.74) is 1.49. The molecule has 12 heteroatoms. The van der Waals surface area contributed by atoms with Crippen molar-refractivity contribution in [2.24, 2.45) is 7.05 Å². The number of benzene rings is 1. The molecule has 0 saturated heterocycles. The number of methoxy groups -OCH3 is 2. The molecule has 0 aliphatic carbocycles. The molecule has 0 radical (unpaired) electrons. The number of nitrogens with zero attached hydrogens (tertiary/aromatic N) is 5. The van der Waals surface area contributed by atoms with E-state index in [0.717, 1.165) is 18.0 Å². The second-order valence-corrected chi connectivity index (χ2v) is 8.67. The van der Waals surface area contributed by atoms with E-state index in [1.165, 1.54) is 18.5 Å². The smallest absolute Gasteiger partial charge is 0.333 e. The Morgan fingerprint density at radius 2 is 1.81 bits per heavy atom. The van der Waals surface area contributed by atoms with Gasteiger partial charge in [0.25, 0.3) is 0 Å². The first-order valence-corrected chi connectivity index (χ1v) is 10.7. The lowest BCUT2D eigenvalue weighted by Gasteiger charge is -2.21. The predicted molar refractivity (Wildman–Crippen MR) is 108 cm³/mol. The number of hydrogen-bond donors (Lipinski definition) is 0. The van der Waals surface area contributed by atoms with E-state index in [-0.39, 0.29) is 18.0 Å². The lowest BCUT2D eigenvalue weighted by molar-refractivity contribution is 0.0563. The van der Waals surface area contributed by atoms with E-state index in [0.29, 0.717) is 28.2 Å². The van der Waals surface area contributed by atoms with Gasteiger partial charge in [-0.15, -0.1) is 0 Å². The van der Waals surface area contributed by atoms with Gasteiger partial charge in [0.1, 0.15) is 4.90 Å². The van der Waals surface area contributed by atoms with Gasteiger partial charge < -0.3 is 9.47 Å². The second kappa shape index (κ2) is 9.43. The highest BCUT2D eigenvalue weighted by Crippen LogP contribution is 2.28. The highest BCUT2D eigenvalue weighted by atomic mass is 32.2. The fraction of sp³-hybridized carbons (Fsp3) is 0.368. The number of hydrogen-bond acceptors (Lipinski definition) is 6. The molecule has 0 unspecified atom stereocenters. The number of aryl methyl sites for hydroxylation is 1. The van der Waals surface area contributed by atoms with Crippen molar-refractivity contribution in [3.63, 3.8) is 0 Å². The van der Waals surface area contributed by atoms with Crippen molar-refractivity contribution >= 4 is 10.0 Å². The lowest BCUT2D eigenvalue weighted by atomic mass is 10.1. The number of aromatic nitrogens is 4. The molecule has 2 heterocycles. The van der Waals surface area contributed by atoms with Gasteiger partial charge in [-0.25, -0.2) is 13.1 Å². The summed E-state index contributed by atoms with van der Waals surface area (Å²) in [5, 5.41) is 7.51. The Balaban J connectivity index is 1.87. The molecule has 3 rings (SSSR count). The van der Waals surface area contributed by atoms with Crippen molar-refractivity contribution in [2.45, 2.75) is 24.4 Å². The average Bonchev–Trinajstić information content (AvgIpc) is 3.40. The Bertz CT molecular complexity index is 1130. The molecule has 0 saturated carbocycles. The highest BCUT2D eigenvalue weighted by Gasteiger charge is 2.27. The number of alkyl halides is 2. The van der Waals surface area contributed by atoms with Gasteiger partial charge in [0.2, 0.25) is 10.0 Å². The van der Waals surface area contributed by atoms with Crippen molar-refractivity contribution in [1.82, 2.24) is 23.9 Å². The van der Waals surface area contributed by atoms with E-state index >= 15 is 0 Å². The first-order valence-electron chi connectivity index (χ1n) is 9.25. The molecular weight excluding hydrogens is 432 g/mol. The summed E-state index contributed by atoms with van der Waals surface area (Å²) in [7, 11) is 0.686. The van der Waals surface area contributed by atoms with Crippen molar-refractivity contribution < 1.29 is 26.7 Å². The van der Waals surface area contributed by atoms with E-state index in [9.17, 15) is 17.2 Å². The molecule has 9 nitrogen and oxygen atoms in total. The second-order valence-electron chi connectivity index (χ2n) is 6.73. The molecule has 0 amide bonds. The Hall–Kier alpha value is -2.99. The van der Waals surface area contributed by atoms with Crippen LogP contribution < -0.4 is 9.47 Å². The Morgan fingerprint density at radius 3 is 2.39 bits per heavy atom. The third-order valence-electron chi connectivity index (χ3n) is 4.63. The molecule has 1 aromatic carbocycles. The van der Waals surface area contributed by atoms with Crippen LogP contribution in [0.3, 0.4) is 0 Å². The number of halogens is 2. The molecule has 0 bridgehead atoms. The fourth-order valence-corrected chi connectivity index (χ4v) is 4.41. The van der Waals surface area contributed by atoms with Gasteiger partial charge in [-0.3, -0.25) is 4.68 Å². The van der Waals surface area contributed by atoms with E-state index < -0.39 is 16.6 Å². The Labute approximate surface area is 178 Å². The predicted octanol–water partition coefficient (Wildman–Crippen LogP) is 2.46. The normalized spacial score (nSPS) is 12.0. The maximum absolute atomic E-state index is 13.2. The Morgan fingerprint density at radius 1 is 1.06 bits per heavy atom. The monoisotopic (exact) mass is 455 g/mol. The topological polar surface area (TPSA) is 91.5 Å². The molecule has 0 spiro atoms. The van der Waals surface area contributed by atoms with Gasteiger partial charge in [-0.1, -0.05) is 6.07 Å². The first-order chi connectivity index (χ1) is 14.7. The molecule has 3 aromatic rings. The zero-order chi connectivity index (χ0) is 22.6. The van der Waals surface area contributed by atoms with Crippen molar-refractivity contribution in [2.75, 3.05) is 20.8 Å². The Kier molecular flexibility index (Phi) is 6.91. The number of rotatable bonds is 10. The molecular formula is C19H23F2N5O4S. The minimum Gasteiger partial charge on any atom is -0.493 e. The van der Waals surface area contributed by atoms with Crippen LogP contribution in [0.15, 0.2) is 47.9 Å². The molecule has 168 valence electrons. The molecule has 0 aliphatic rings. The summed E-state index contributed by atoms with van der Waals surface area (Å²) in [6.45, 7) is -2.79. The third kappa shape index (κ3) is 5.20. The van der Waals surface area contributed by atoms with Crippen LogP contribution in [0.5, 0.6) is 11.5 Å². The summed E-state index contributed by atoms with van der Waals surface area (Å²) in [5.74, 6) is 1.09. The first kappa shape index (κ1) is 22.7. The molecule has 2 aromatic heterocycles. The summed E-state index contributed by atoms with van der Waals surface area (Å²) in [6.07, 6.45) is 5.37. The van der Waals surface area contributed by atoms with Gasteiger partial charge in [0, 0.05) is 31.9 Å². The van der Waals surface area contributed by atoms with Crippen molar-refractivity contribution in [3.8, 4) is 11.5 Å². The van der Waals surface area contributed by atoms with Crippen LogP contribution in [0.25, 0.3) is 0 Å². The molecule has 31 heavy (non-hydrogen) atoms. The van der Waals surface area contributed by atoms with E-state index in [1.807, 2.05) is 6.07 Å². The summed E-state index contributed by atoms with van der Waals surface area (Å²) >= 11 is 0. The third-order valence-corrected chi connectivity index (χ3v) is 6.43. The van der Waals surface area contributed by atoms with Crippen LogP contribution in [0, 0.1) is 0 Å². The quantitative estimate of drug-likeness (QED) is 0.466. The van der Waals surface area contributed by atoms with E-state index in [4.69, 9.17) is 9.47 Å². The zero-order valence-corrected chi connectivity index (χ0v) is 18.1. The van der Waals surface area contributed by atoms with Gasteiger partial charge >= 0.3 is 6.55 Å². The highest BCUT2D eigenvalue weighted by molar-refractivity contribution is 7.89. The van der Waals surface area contributed by atoms with Crippen molar-refractivity contribution in [1.29, 1.82) is 0 Å². The van der Waals surface area contributed by atoms with Crippen LogP contribution in [-0.2, 0) is 30.0 Å². The molecule has 0 aliphatic heterocycles. The van der Waals surface area contributed by atoms with Crippen LogP contribution in [0.2, 0.25) is 0 Å².